The van der Waals surface area contributed by atoms with Gasteiger partial charge in [-0.2, -0.15) is 0 Å². The highest BCUT2D eigenvalue weighted by Gasteiger charge is 2.21. The highest BCUT2D eigenvalue weighted by molar-refractivity contribution is 8.14. The van der Waals surface area contributed by atoms with Crippen molar-refractivity contribution in [2.75, 3.05) is 5.75 Å². The van der Waals surface area contributed by atoms with Crippen LogP contribution >= 0.6 is 11.8 Å². The van der Waals surface area contributed by atoms with Crippen molar-refractivity contribution < 1.29 is 0 Å². The van der Waals surface area contributed by atoms with Crippen molar-refractivity contribution in [3.05, 3.63) is 48.0 Å². The Bertz CT molecular complexity index is 578. The van der Waals surface area contributed by atoms with Crippen molar-refractivity contribution in [1.82, 2.24) is 20.1 Å². The Balaban J connectivity index is 1.64. The van der Waals surface area contributed by atoms with Crippen molar-refractivity contribution >= 4 is 16.9 Å². The average molecular weight is 273 g/mol. The molecule has 3 rings (SSSR count). The van der Waals surface area contributed by atoms with E-state index in [1.165, 1.54) is 5.56 Å². The van der Waals surface area contributed by atoms with Gasteiger partial charge in [-0.25, -0.2) is 0 Å². The van der Waals surface area contributed by atoms with Gasteiger partial charge in [0.15, 0.2) is 11.0 Å². The Morgan fingerprint density at radius 2 is 2.26 bits per heavy atom. The van der Waals surface area contributed by atoms with Gasteiger partial charge in [-0.3, -0.25) is 4.99 Å². The molecule has 1 atom stereocenters. The molecule has 0 saturated carbocycles. The van der Waals surface area contributed by atoms with Gasteiger partial charge in [0, 0.05) is 12.8 Å². The second-order valence-electron chi connectivity index (χ2n) is 4.40. The lowest BCUT2D eigenvalue weighted by Gasteiger charge is -2.09. The number of hydrogen-bond donors (Lipinski definition) is 1. The van der Waals surface area contributed by atoms with Gasteiger partial charge in [0.25, 0.3) is 0 Å². The molecule has 0 bridgehead atoms. The fourth-order valence-electron chi connectivity index (χ4n) is 1.94. The van der Waals surface area contributed by atoms with Crippen LogP contribution in [0.15, 0.2) is 41.7 Å². The topological polar surface area (TPSA) is 55.1 Å². The predicted molar refractivity (Wildman–Crippen MR) is 76.9 cm³/mol. The van der Waals surface area contributed by atoms with E-state index in [2.05, 4.69) is 44.8 Å². The summed E-state index contributed by atoms with van der Waals surface area (Å²) < 4.78 is 1.89. The molecule has 0 spiro atoms. The number of rotatable bonds is 3. The third kappa shape index (κ3) is 2.78. The standard InChI is InChI=1S/C13H15N5S/c1-18-9-15-17-12(18)7-14-13-16-11(8-19-13)10-5-3-2-4-6-10/h2-6,9,11H,7-8H2,1H3,(H,14,16). The van der Waals surface area contributed by atoms with Crippen LogP contribution in [0, 0.1) is 0 Å². The molecule has 0 radical (unpaired) electrons. The monoisotopic (exact) mass is 273 g/mol. The second kappa shape index (κ2) is 5.44. The summed E-state index contributed by atoms with van der Waals surface area (Å²) in [5, 5.41) is 12.3. The maximum Gasteiger partial charge on any atom is 0.157 e. The number of hydrogen-bond acceptors (Lipinski definition) is 4. The van der Waals surface area contributed by atoms with Gasteiger partial charge < -0.3 is 9.88 Å². The van der Waals surface area contributed by atoms with E-state index in [9.17, 15) is 0 Å². The molecule has 5 nitrogen and oxygen atoms in total. The molecular formula is C13H15N5S. The van der Waals surface area contributed by atoms with E-state index >= 15 is 0 Å². The molecule has 1 aliphatic heterocycles. The summed E-state index contributed by atoms with van der Waals surface area (Å²) in [7, 11) is 1.93. The van der Waals surface area contributed by atoms with E-state index in [-0.39, 0.29) is 0 Å². The van der Waals surface area contributed by atoms with Crippen molar-refractivity contribution in [3.63, 3.8) is 0 Å². The quantitative estimate of drug-likeness (QED) is 0.925. The van der Waals surface area contributed by atoms with Gasteiger partial charge in [-0.1, -0.05) is 42.1 Å². The first-order chi connectivity index (χ1) is 9.33. The lowest BCUT2D eigenvalue weighted by atomic mass is 10.1. The molecule has 1 aromatic carbocycles. The lowest BCUT2D eigenvalue weighted by molar-refractivity contribution is 0.742. The molecule has 6 heteroatoms. The summed E-state index contributed by atoms with van der Waals surface area (Å²) in [5.74, 6) is 1.89. The van der Waals surface area contributed by atoms with Crippen molar-refractivity contribution in [2.45, 2.75) is 12.6 Å². The minimum Gasteiger partial charge on any atom is -0.357 e. The first-order valence-corrected chi connectivity index (χ1v) is 7.13. The summed E-state index contributed by atoms with van der Waals surface area (Å²) in [6.45, 7) is 0.563. The zero-order chi connectivity index (χ0) is 13.1. The summed E-state index contributed by atoms with van der Waals surface area (Å²) in [5.41, 5.74) is 1.30. The molecule has 1 aromatic heterocycles. The van der Waals surface area contributed by atoms with E-state index in [0.29, 0.717) is 12.6 Å². The number of aromatic nitrogens is 3. The van der Waals surface area contributed by atoms with Crippen LogP contribution in [0.3, 0.4) is 0 Å². The minimum atomic E-state index is 0.351. The number of thioether (sulfide) groups is 1. The Morgan fingerprint density at radius 3 is 3.00 bits per heavy atom. The van der Waals surface area contributed by atoms with E-state index in [4.69, 9.17) is 0 Å². The molecule has 1 fully saturated rings. The molecule has 0 amide bonds. The minimum absolute atomic E-state index is 0.351. The summed E-state index contributed by atoms with van der Waals surface area (Å²) in [4.78, 5) is 4.55. The maximum absolute atomic E-state index is 4.55. The maximum atomic E-state index is 4.55. The van der Waals surface area contributed by atoms with Crippen LogP contribution in [0.25, 0.3) is 0 Å². The normalized spacial score (nSPS) is 20.7. The molecule has 1 unspecified atom stereocenters. The third-order valence-electron chi connectivity index (χ3n) is 3.06. The van der Waals surface area contributed by atoms with Crippen molar-refractivity contribution in [3.8, 4) is 0 Å². The first kappa shape index (κ1) is 12.2. The highest BCUT2D eigenvalue weighted by Crippen LogP contribution is 2.25. The van der Waals surface area contributed by atoms with Crippen LogP contribution in [0.4, 0.5) is 0 Å². The second-order valence-corrected chi connectivity index (χ2v) is 5.41. The van der Waals surface area contributed by atoms with Crippen LogP contribution in [0.5, 0.6) is 0 Å². The fourth-order valence-corrected chi connectivity index (χ4v) is 2.93. The smallest absolute Gasteiger partial charge is 0.157 e. The first-order valence-electron chi connectivity index (χ1n) is 6.14. The van der Waals surface area contributed by atoms with E-state index in [1.54, 1.807) is 18.1 Å². The molecule has 98 valence electrons. The van der Waals surface area contributed by atoms with Gasteiger partial charge in [-0.05, 0) is 5.56 Å². The van der Waals surface area contributed by atoms with Gasteiger partial charge in [0.1, 0.15) is 12.9 Å². The fraction of sp³-hybridized carbons (Fsp3) is 0.308. The predicted octanol–water partition coefficient (Wildman–Crippen LogP) is 1.75. The Labute approximate surface area is 116 Å². The lowest BCUT2D eigenvalue weighted by Crippen LogP contribution is -2.19. The summed E-state index contributed by atoms with van der Waals surface area (Å²) >= 11 is 1.75. The van der Waals surface area contributed by atoms with Gasteiger partial charge >= 0.3 is 0 Å². The number of nitrogens with one attached hydrogen (secondary N) is 1. The van der Waals surface area contributed by atoms with E-state index in [0.717, 1.165) is 16.7 Å². The van der Waals surface area contributed by atoms with Crippen LogP contribution < -0.4 is 5.32 Å². The van der Waals surface area contributed by atoms with Gasteiger partial charge in [0.05, 0.1) is 6.04 Å². The highest BCUT2D eigenvalue weighted by atomic mass is 32.2. The van der Waals surface area contributed by atoms with Crippen LogP contribution in [-0.2, 0) is 13.6 Å². The third-order valence-corrected chi connectivity index (χ3v) is 4.08. The Kier molecular flexibility index (Phi) is 3.50. The number of aliphatic imine (C=N–C) groups is 1. The largest absolute Gasteiger partial charge is 0.357 e. The van der Waals surface area contributed by atoms with Crippen molar-refractivity contribution in [1.29, 1.82) is 0 Å². The molecule has 1 saturated heterocycles. The molecule has 2 aromatic rings. The molecule has 2 heterocycles. The summed E-state index contributed by atoms with van der Waals surface area (Å²) in [6.07, 6.45) is 1.69. The zero-order valence-corrected chi connectivity index (χ0v) is 11.5. The SMILES string of the molecule is Cn1cnnc1CN=C1NC(c2ccccc2)CS1. The van der Waals surface area contributed by atoms with Crippen LogP contribution in [-0.4, -0.2) is 25.7 Å². The number of amidine groups is 1. The molecule has 1 aliphatic rings. The van der Waals surface area contributed by atoms with Crippen LogP contribution in [0.1, 0.15) is 17.4 Å². The van der Waals surface area contributed by atoms with E-state index in [1.807, 2.05) is 17.7 Å². The Hall–Kier alpha value is -1.82. The molecule has 1 N–H and O–H groups in total. The average Bonchev–Trinajstić information content (AvgIpc) is 3.06. The zero-order valence-electron chi connectivity index (χ0n) is 10.7. The molecular weight excluding hydrogens is 258 g/mol. The number of aryl methyl sites for hydroxylation is 1. The van der Waals surface area contributed by atoms with Gasteiger partial charge in [-0.15, -0.1) is 10.2 Å². The summed E-state index contributed by atoms with van der Waals surface area (Å²) in [6, 6.07) is 10.8. The van der Waals surface area contributed by atoms with Crippen LogP contribution in [0.2, 0.25) is 0 Å². The number of benzene rings is 1. The number of nitrogens with zero attached hydrogens (tertiary/aromatic N) is 4. The van der Waals surface area contributed by atoms with Crippen molar-refractivity contribution in [2.24, 2.45) is 12.0 Å². The molecule has 19 heavy (non-hydrogen) atoms. The Morgan fingerprint density at radius 1 is 1.42 bits per heavy atom. The van der Waals surface area contributed by atoms with E-state index < -0.39 is 0 Å². The van der Waals surface area contributed by atoms with Gasteiger partial charge in [0.2, 0.25) is 0 Å². The molecule has 0 aliphatic carbocycles.